The summed E-state index contributed by atoms with van der Waals surface area (Å²) in [5.41, 5.74) is 11.9. The van der Waals surface area contributed by atoms with Gasteiger partial charge in [0.1, 0.15) is 6.67 Å². The Kier molecular flexibility index (Phi) is 10.8. The van der Waals surface area contributed by atoms with Gasteiger partial charge >= 0.3 is 0 Å². The number of aryl methyl sites for hydroxylation is 2. The molecule has 0 radical (unpaired) electrons. The van der Waals surface area contributed by atoms with Crippen LogP contribution in [0.25, 0.3) is 22.0 Å². The van der Waals surface area contributed by atoms with Gasteiger partial charge in [-0.1, -0.05) is 6.07 Å². The number of pyridine rings is 2. The molecule has 2 aromatic heterocycles. The smallest absolute Gasteiger partial charge is 0.258 e. The number of carbonyl (C=O) groups excluding carboxylic acids is 1. The Balaban J connectivity index is 1.32. The Hall–Kier alpha value is -4.16. The number of benzene rings is 2. The van der Waals surface area contributed by atoms with Crippen LogP contribution >= 0.6 is 0 Å². The molecule has 254 valence electrons. The molecule has 4 aromatic rings. The molecule has 11 heteroatoms. The first-order valence-corrected chi connectivity index (χ1v) is 16.9. The van der Waals surface area contributed by atoms with Crippen molar-refractivity contribution >= 4 is 28.2 Å². The third-order valence-electron chi connectivity index (χ3n) is 9.46. The van der Waals surface area contributed by atoms with Crippen LogP contribution in [0.5, 0.6) is 0 Å². The first-order chi connectivity index (χ1) is 23.3. The van der Waals surface area contributed by atoms with Crippen LogP contribution in [0.2, 0.25) is 0 Å². The number of nitrogens with two attached hydrogens (primary N) is 1. The number of piperazine rings is 1. The molecule has 0 bridgehead atoms. The van der Waals surface area contributed by atoms with Crippen molar-refractivity contribution in [3.05, 3.63) is 87.5 Å². The largest absolute Gasteiger partial charge is 0.379 e. The average molecular weight is 656 g/mol. The number of rotatable bonds is 11. The SMILES string of the molecule is Cc1ccc(NC(=O)c2cc(CF)cc(N3CCN(C)CC3)c2)cc1-c1cc2cnc(CCCN)cc2n(CCN2CCOCC2)c1=O. The number of anilines is 2. The van der Waals surface area contributed by atoms with Crippen molar-refractivity contribution in [3.63, 3.8) is 0 Å². The summed E-state index contributed by atoms with van der Waals surface area (Å²) in [4.78, 5) is 39.4. The first kappa shape index (κ1) is 33.7. The molecular weight excluding hydrogens is 609 g/mol. The molecule has 0 spiro atoms. The van der Waals surface area contributed by atoms with E-state index in [4.69, 9.17) is 10.5 Å². The zero-order chi connectivity index (χ0) is 33.6. The average Bonchev–Trinajstić information content (AvgIpc) is 3.11. The van der Waals surface area contributed by atoms with Crippen molar-refractivity contribution in [1.82, 2.24) is 19.4 Å². The highest BCUT2D eigenvalue weighted by Crippen LogP contribution is 2.28. The van der Waals surface area contributed by atoms with Crippen LogP contribution in [0.15, 0.2) is 59.5 Å². The molecule has 2 saturated heterocycles. The summed E-state index contributed by atoms with van der Waals surface area (Å²) in [5.74, 6) is -0.328. The predicted molar refractivity (Wildman–Crippen MR) is 190 cm³/mol. The van der Waals surface area contributed by atoms with E-state index in [1.165, 1.54) is 0 Å². The molecule has 10 nitrogen and oxygen atoms in total. The van der Waals surface area contributed by atoms with E-state index in [1.54, 1.807) is 6.07 Å². The van der Waals surface area contributed by atoms with E-state index in [0.29, 0.717) is 48.7 Å². The van der Waals surface area contributed by atoms with Gasteiger partial charge in [0.05, 0.1) is 18.7 Å². The third kappa shape index (κ3) is 7.76. The Bertz CT molecular complexity index is 1810. The van der Waals surface area contributed by atoms with Gasteiger partial charge in [0, 0.05) is 92.1 Å². The second kappa shape index (κ2) is 15.4. The predicted octanol–water partition coefficient (Wildman–Crippen LogP) is 4.07. The van der Waals surface area contributed by atoms with E-state index in [9.17, 15) is 14.0 Å². The molecule has 0 atom stereocenters. The number of morpholine rings is 1. The molecule has 48 heavy (non-hydrogen) atoms. The van der Waals surface area contributed by atoms with Crippen LogP contribution in [0.4, 0.5) is 15.8 Å². The van der Waals surface area contributed by atoms with Crippen LogP contribution in [0, 0.1) is 6.92 Å². The van der Waals surface area contributed by atoms with Crippen LogP contribution < -0.4 is 21.5 Å². The Morgan fingerprint density at radius 1 is 0.979 bits per heavy atom. The summed E-state index contributed by atoms with van der Waals surface area (Å²) < 4.78 is 21.3. The summed E-state index contributed by atoms with van der Waals surface area (Å²) in [7, 11) is 2.08. The lowest BCUT2D eigenvalue weighted by Gasteiger charge is -2.34. The van der Waals surface area contributed by atoms with E-state index in [2.05, 4.69) is 32.0 Å². The second-order valence-corrected chi connectivity index (χ2v) is 12.9. The fourth-order valence-electron chi connectivity index (χ4n) is 6.54. The Morgan fingerprint density at radius 2 is 1.77 bits per heavy atom. The highest BCUT2D eigenvalue weighted by Gasteiger charge is 2.20. The van der Waals surface area contributed by atoms with E-state index in [1.807, 2.05) is 60.2 Å². The molecule has 2 aliphatic rings. The minimum Gasteiger partial charge on any atom is -0.379 e. The number of hydrogen-bond donors (Lipinski definition) is 2. The summed E-state index contributed by atoms with van der Waals surface area (Å²) in [6.07, 6.45) is 3.41. The summed E-state index contributed by atoms with van der Waals surface area (Å²) >= 11 is 0. The number of hydrogen-bond acceptors (Lipinski definition) is 8. The number of halogens is 1. The number of likely N-dealkylation sites (N-methyl/N-ethyl adjacent to an activating group) is 1. The number of aromatic nitrogens is 2. The minimum absolute atomic E-state index is 0.0919. The molecule has 6 rings (SSSR count). The molecule has 0 saturated carbocycles. The maximum atomic E-state index is 14.3. The Labute approximate surface area is 281 Å². The molecule has 2 aliphatic heterocycles. The van der Waals surface area contributed by atoms with Gasteiger partial charge in [-0.2, -0.15) is 0 Å². The van der Waals surface area contributed by atoms with E-state index in [-0.39, 0.29) is 11.5 Å². The summed E-state index contributed by atoms with van der Waals surface area (Å²) in [6.45, 7) is 9.63. The molecular formula is C37H46FN7O3. The van der Waals surface area contributed by atoms with E-state index in [0.717, 1.165) is 92.1 Å². The lowest BCUT2D eigenvalue weighted by Crippen LogP contribution is -2.44. The molecule has 0 unspecified atom stereocenters. The highest BCUT2D eigenvalue weighted by atomic mass is 19.1. The monoisotopic (exact) mass is 655 g/mol. The lowest BCUT2D eigenvalue weighted by atomic mass is 9.99. The molecule has 1 amide bonds. The lowest BCUT2D eigenvalue weighted by molar-refractivity contribution is 0.0364. The minimum atomic E-state index is -0.653. The van der Waals surface area contributed by atoms with Gasteiger partial charge in [0.25, 0.3) is 11.5 Å². The normalized spacial score (nSPS) is 16.0. The van der Waals surface area contributed by atoms with Crippen molar-refractivity contribution in [2.24, 2.45) is 5.73 Å². The van der Waals surface area contributed by atoms with Gasteiger partial charge in [-0.15, -0.1) is 0 Å². The number of alkyl halides is 1. The van der Waals surface area contributed by atoms with Crippen LogP contribution in [0.3, 0.4) is 0 Å². The maximum Gasteiger partial charge on any atom is 0.258 e. The van der Waals surface area contributed by atoms with Gasteiger partial charge in [-0.05, 0) is 92.5 Å². The fraction of sp³-hybridized carbons (Fsp3) is 0.432. The molecule has 3 N–H and O–H groups in total. The van der Waals surface area contributed by atoms with Crippen LogP contribution in [0.1, 0.15) is 33.6 Å². The van der Waals surface area contributed by atoms with Crippen molar-refractivity contribution < 1.29 is 13.9 Å². The van der Waals surface area contributed by atoms with Gasteiger partial charge < -0.3 is 30.2 Å². The van der Waals surface area contributed by atoms with Gasteiger partial charge in [-0.25, -0.2) is 4.39 Å². The molecule has 0 aliphatic carbocycles. The van der Waals surface area contributed by atoms with Crippen molar-refractivity contribution in [3.8, 4) is 11.1 Å². The number of carbonyl (C=O) groups is 1. The van der Waals surface area contributed by atoms with Gasteiger partial charge in [0.2, 0.25) is 0 Å². The fourth-order valence-corrected chi connectivity index (χ4v) is 6.54. The topological polar surface area (TPSA) is 109 Å². The second-order valence-electron chi connectivity index (χ2n) is 12.9. The van der Waals surface area contributed by atoms with Crippen molar-refractivity contribution in [2.75, 3.05) is 82.8 Å². The number of ether oxygens (including phenoxy) is 1. The summed E-state index contributed by atoms with van der Waals surface area (Å²) in [5, 5.41) is 3.88. The zero-order valence-electron chi connectivity index (χ0n) is 28.0. The first-order valence-electron chi connectivity index (χ1n) is 16.9. The van der Waals surface area contributed by atoms with Crippen LogP contribution in [-0.2, 0) is 24.4 Å². The number of amides is 1. The molecule has 2 aromatic carbocycles. The number of nitrogens with one attached hydrogen (secondary N) is 1. The number of fused-ring (bicyclic) bond motifs is 1. The quantitative estimate of drug-likeness (QED) is 0.249. The Morgan fingerprint density at radius 3 is 2.52 bits per heavy atom. The molecule has 4 heterocycles. The third-order valence-corrected chi connectivity index (χ3v) is 9.46. The molecule has 2 fully saturated rings. The maximum absolute atomic E-state index is 14.3. The standard InChI is InChI=1S/C37H46FN7O3/c1-26-5-6-31(41-36(46)28-18-27(24-38)19-32(20-28)44-11-8-42(2)9-12-44)22-33(26)34-21-29-25-40-30(4-3-7-39)23-35(29)45(37(34)47)13-10-43-14-16-48-17-15-43/h5-6,18-23,25H,3-4,7-17,24,39H2,1-2H3,(H,41,46). The van der Waals surface area contributed by atoms with Crippen LogP contribution in [-0.4, -0.2) is 97.9 Å². The van der Waals surface area contributed by atoms with E-state index < -0.39 is 6.67 Å². The van der Waals surface area contributed by atoms with Gasteiger partial charge in [-0.3, -0.25) is 19.5 Å². The van der Waals surface area contributed by atoms with E-state index >= 15 is 0 Å². The van der Waals surface area contributed by atoms with Gasteiger partial charge in [0.15, 0.2) is 0 Å². The highest BCUT2D eigenvalue weighted by molar-refractivity contribution is 6.05. The zero-order valence-corrected chi connectivity index (χ0v) is 28.0. The van der Waals surface area contributed by atoms with Crippen molar-refractivity contribution in [1.29, 1.82) is 0 Å². The summed E-state index contributed by atoms with van der Waals surface area (Å²) in [6, 6.07) is 14.8. The van der Waals surface area contributed by atoms with Crippen molar-refractivity contribution in [2.45, 2.75) is 33.0 Å². The number of nitrogens with zero attached hydrogens (tertiary/aromatic N) is 5.